The molecule has 0 aromatic rings. The van der Waals surface area contributed by atoms with Crippen molar-refractivity contribution in [2.24, 2.45) is 0 Å². The molecule has 0 saturated carbocycles. The molecule has 0 aliphatic rings. The van der Waals surface area contributed by atoms with Crippen LogP contribution in [0.1, 0.15) is 13.3 Å². The molecule has 14 heavy (non-hydrogen) atoms. The van der Waals surface area contributed by atoms with Gasteiger partial charge in [0.05, 0.1) is 0 Å². The van der Waals surface area contributed by atoms with Gasteiger partial charge in [-0.3, -0.25) is 30.3 Å². The molecule has 0 heterocycles. The maximum Gasteiger partial charge on any atom is 0.703 e. The smallest absolute Gasteiger partial charge is 0.253 e. The Morgan fingerprint density at radius 1 is 1.07 bits per heavy atom. The maximum atomic E-state index is 10.3. The van der Waals surface area contributed by atoms with Crippen LogP contribution >= 0.6 is 0 Å². The van der Waals surface area contributed by atoms with Gasteiger partial charge < -0.3 is 0 Å². The van der Waals surface area contributed by atoms with Crippen LogP contribution in [0.5, 0.6) is 0 Å². The Bertz CT molecular complexity index is 262. The lowest BCUT2D eigenvalue weighted by molar-refractivity contribution is -0.968. The number of hydrogen-bond acceptors (Lipinski definition) is 6. The highest BCUT2D eigenvalue weighted by Crippen LogP contribution is 2.17. The molecule has 0 N–H and O–H groups in total. The Morgan fingerprint density at radius 3 is 1.64 bits per heavy atom. The molecular formula is C5H7N3O6. The summed E-state index contributed by atoms with van der Waals surface area (Å²) < 4.78 is 0. The molecule has 0 aliphatic carbocycles. The average molecular weight is 205 g/mol. The molecule has 0 bridgehead atoms. The van der Waals surface area contributed by atoms with Gasteiger partial charge in [0.25, 0.3) is 0 Å². The van der Waals surface area contributed by atoms with E-state index in [0.717, 1.165) is 6.08 Å². The third-order valence-electron chi connectivity index (χ3n) is 1.50. The zero-order valence-corrected chi connectivity index (χ0v) is 7.15. The number of rotatable bonds is 5. The van der Waals surface area contributed by atoms with Crippen molar-refractivity contribution < 1.29 is 14.8 Å². The highest BCUT2D eigenvalue weighted by Gasteiger charge is 2.69. The number of allylic oxidation sites excluding steroid dienone is 1. The SMILES string of the molecule is CC=CCC([N+](=O)[O-])([N+](=O)[O-])[N+](=O)[O-]. The van der Waals surface area contributed by atoms with E-state index < -0.39 is 27.0 Å². The zero-order valence-electron chi connectivity index (χ0n) is 7.15. The van der Waals surface area contributed by atoms with Crippen LogP contribution in [0, 0.1) is 30.3 Å². The van der Waals surface area contributed by atoms with Gasteiger partial charge in [0.15, 0.2) is 21.2 Å². The van der Waals surface area contributed by atoms with E-state index in [2.05, 4.69) is 0 Å². The molecule has 0 saturated heterocycles. The summed E-state index contributed by atoms with van der Waals surface area (Å²) in [6, 6.07) is 0. The first-order valence-electron chi connectivity index (χ1n) is 3.44. The maximum absolute atomic E-state index is 10.3. The van der Waals surface area contributed by atoms with Crippen LogP contribution in [-0.4, -0.2) is 20.6 Å². The van der Waals surface area contributed by atoms with Gasteiger partial charge in [-0.15, -0.1) is 0 Å². The standard InChI is InChI=1S/C5H7N3O6/c1-2-3-4-5(6(9)10,7(11)12)8(13)14/h2-3H,4H2,1H3. The molecule has 9 nitrogen and oxygen atoms in total. The summed E-state index contributed by atoms with van der Waals surface area (Å²) in [6.07, 6.45) is 1.40. The van der Waals surface area contributed by atoms with E-state index in [1.807, 2.05) is 0 Å². The molecule has 9 heteroatoms. The summed E-state index contributed by atoms with van der Waals surface area (Å²) in [7, 11) is 0. The van der Waals surface area contributed by atoms with E-state index in [1.165, 1.54) is 13.0 Å². The van der Waals surface area contributed by atoms with Gasteiger partial charge in [-0.2, -0.15) is 0 Å². The largest absolute Gasteiger partial charge is 0.703 e. The molecule has 0 aliphatic heterocycles. The van der Waals surface area contributed by atoms with Crippen molar-refractivity contribution in [2.45, 2.75) is 19.1 Å². The van der Waals surface area contributed by atoms with Crippen LogP contribution in [0.2, 0.25) is 0 Å². The number of nitrogens with zero attached hydrogens (tertiary/aromatic N) is 3. The first kappa shape index (κ1) is 11.9. The third-order valence-corrected chi connectivity index (χ3v) is 1.50. The van der Waals surface area contributed by atoms with Gasteiger partial charge in [-0.1, -0.05) is 12.2 Å². The summed E-state index contributed by atoms with van der Waals surface area (Å²) in [5, 5.41) is 30.9. The lowest BCUT2D eigenvalue weighted by Crippen LogP contribution is -2.52. The van der Waals surface area contributed by atoms with E-state index in [9.17, 15) is 30.3 Å². The second-order valence-electron chi connectivity index (χ2n) is 2.32. The summed E-state index contributed by atoms with van der Waals surface area (Å²) in [5.74, 6) is -3.37. The van der Waals surface area contributed by atoms with Gasteiger partial charge >= 0.3 is 5.79 Å². The van der Waals surface area contributed by atoms with E-state index in [1.54, 1.807) is 0 Å². The molecule has 0 unspecified atom stereocenters. The van der Waals surface area contributed by atoms with E-state index in [4.69, 9.17) is 0 Å². The summed E-state index contributed by atoms with van der Waals surface area (Å²) in [5.41, 5.74) is 0. The van der Waals surface area contributed by atoms with Crippen molar-refractivity contribution in [3.05, 3.63) is 42.5 Å². The van der Waals surface area contributed by atoms with Crippen molar-refractivity contribution >= 4 is 0 Å². The van der Waals surface area contributed by atoms with Crippen molar-refractivity contribution in [3.8, 4) is 0 Å². The molecular weight excluding hydrogens is 198 g/mol. The number of nitro groups is 3. The zero-order chi connectivity index (χ0) is 11.4. The normalized spacial score (nSPS) is 11.5. The Balaban J connectivity index is 5.27. The first-order valence-corrected chi connectivity index (χ1v) is 3.44. The van der Waals surface area contributed by atoms with Crippen molar-refractivity contribution in [2.75, 3.05) is 0 Å². The molecule has 0 atom stereocenters. The van der Waals surface area contributed by atoms with Gasteiger partial charge in [-0.25, -0.2) is 0 Å². The Hall–Kier alpha value is -2.06. The summed E-state index contributed by atoms with van der Waals surface area (Å²) in [4.78, 5) is 26.4. The Labute approximate surface area is 77.5 Å². The molecule has 0 radical (unpaired) electrons. The first-order chi connectivity index (χ1) is 6.39. The van der Waals surface area contributed by atoms with E-state index >= 15 is 0 Å². The second kappa shape index (κ2) is 4.25. The number of hydrogen-bond donors (Lipinski definition) is 0. The topological polar surface area (TPSA) is 129 Å². The Kier molecular flexibility index (Phi) is 3.63. The third kappa shape index (κ3) is 1.81. The van der Waals surface area contributed by atoms with Crippen LogP contribution in [0.3, 0.4) is 0 Å². The van der Waals surface area contributed by atoms with E-state index in [0.29, 0.717) is 0 Å². The van der Waals surface area contributed by atoms with Crippen LogP contribution in [0.4, 0.5) is 0 Å². The molecule has 0 spiro atoms. The fraction of sp³-hybridized carbons (Fsp3) is 0.600. The Morgan fingerprint density at radius 2 is 1.43 bits per heavy atom. The minimum atomic E-state index is -3.37. The van der Waals surface area contributed by atoms with Crippen LogP contribution in [0.15, 0.2) is 12.2 Å². The lowest BCUT2D eigenvalue weighted by atomic mass is 10.2. The van der Waals surface area contributed by atoms with Gasteiger partial charge in [-0.05, 0) is 6.92 Å². The molecule has 0 amide bonds. The lowest BCUT2D eigenvalue weighted by Gasteiger charge is -2.05. The van der Waals surface area contributed by atoms with Gasteiger partial charge in [0, 0.05) is 0 Å². The highest BCUT2D eigenvalue weighted by molar-refractivity contribution is 4.80. The summed E-state index contributed by atoms with van der Waals surface area (Å²) in [6.45, 7) is 1.45. The molecule has 78 valence electrons. The quantitative estimate of drug-likeness (QED) is 0.277. The van der Waals surface area contributed by atoms with Crippen molar-refractivity contribution in [1.29, 1.82) is 0 Å². The molecule has 0 rings (SSSR count). The predicted molar refractivity (Wildman–Crippen MR) is 43.1 cm³/mol. The van der Waals surface area contributed by atoms with E-state index in [-0.39, 0.29) is 0 Å². The van der Waals surface area contributed by atoms with Gasteiger partial charge in [0.2, 0.25) is 0 Å². The average Bonchev–Trinajstić information content (AvgIpc) is 2.03. The predicted octanol–water partition coefficient (Wildman–Crippen LogP) is 0.436. The van der Waals surface area contributed by atoms with Crippen molar-refractivity contribution in [3.63, 3.8) is 0 Å². The van der Waals surface area contributed by atoms with Crippen LogP contribution in [0.25, 0.3) is 0 Å². The van der Waals surface area contributed by atoms with Gasteiger partial charge in [0.1, 0.15) is 0 Å². The fourth-order valence-electron chi connectivity index (χ4n) is 0.700. The van der Waals surface area contributed by atoms with Crippen LogP contribution in [-0.2, 0) is 0 Å². The highest BCUT2D eigenvalue weighted by atomic mass is 16.7. The molecule has 0 fully saturated rings. The molecule has 0 aromatic heterocycles. The monoisotopic (exact) mass is 205 g/mol. The fourth-order valence-corrected chi connectivity index (χ4v) is 0.700. The molecule has 0 aromatic carbocycles. The second-order valence-corrected chi connectivity index (χ2v) is 2.32. The summed E-state index contributed by atoms with van der Waals surface area (Å²) >= 11 is 0. The van der Waals surface area contributed by atoms with Crippen molar-refractivity contribution in [1.82, 2.24) is 0 Å². The van der Waals surface area contributed by atoms with Crippen LogP contribution < -0.4 is 0 Å². The minimum absolute atomic E-state index is 0.878. The minimum Gasteiger partial charge on any atom is -0.253 e.